The Bertz CT molecular complexity index is 2580. The first-order valence-electron chi connectivity index (χ1n) is 17.2. The van der Waals surface area contributed by atoms with E-state index in [1.54, 1.807) is 0 Å². The fourth-order valence-electron chi connectivity index (χ4n) is 8.29. The zero-order valence-electron chi connectivity index (χ0n) is 27.6. The van der Waals surface area contributed by atoms with Crippen molar-refractivity contribution < 1.29 is 0 Å². The quantitative estimate of drug-likeness (QED) is 0.178. The Morgan fingerprint density at radius 2 is 0.843 bits per heavy atom. The topological polar surface area (TPSA) is 30.1 Å². The summed E-state index contributed by atoms with van der Waals surface area (Å²) in [7, 11) is 0. The molecule has 0 atom stereocenters. The predicted octanol–water partition coefficient (Wildman–Crippen LogP) is 12.0. The summed E-state index contributed by atoms with van der Waals surface area (Å²) in [5.41, 5.74) is 17.3. The Kier molecular flexibility index (Phi) is 6.46. The molecule has 3 nitrogen and oxygen atoms in total. The Balaban J connectivity index is 1.10. The van der Waals surface area contributed by atoms with E-state index in [0.29, 0.717) is 11.5 Å². The highest BCUT2D eigenvalue weighted by Crippen LogP contribution is 2.63. The Labute approximate surface area is 297 Å². The first-order chi connectivity index (χ1) is 25.2. The third-order valence-electron chi connectivity index (χ3n) is 10.5. The number of fused-ring (bicyclic) bond motifs is 10. The van der Waals surface area contributed by atoms with Crippen molar-refractivity contribution in [2.45, 2.75) is 5.41 Å². The van der Waals surface area contributed by atoms with Crippen molar-refractivity contribution in [3.63, 3.8) is 0 Å². The maximum absolute atomic E-state index is 7.83. The van der Waals surface area contributed by atoms with E-state index in [0.717, 1.165) is 44.8 Å². The van der Waals surface area contributed by atoms with Gasteiger partial charge in [0.05, 0.1) is 23.4 Å². The lowest BCUT2D eigenvalue weighted by Gasteiger charge is -2.30. The van der Waals surface area contributed by atoms with Gasteiger partial charge in [-0.2, -0.15) is 0 Å². The van der Waals surface area contributed by atoms with Gasteiger partial charge in [-0.25, -0.2) is 14.8 Å². The minimum absolute atomic E-state index is 0.430. The molecule has 0 bridgehead atoms. The van der Waals surface area contributed by atoms with E-state index in [1.807, 2.05) is 42.5 Å². The molecule has 0 saturated heterocycles. The van der Waals surface area contributed by atoms with Crippen molar-refractivity contribution in [3.05, 3.63) is 210 Å². The highest BCUT2D eigenvalue weighted by atomic mass is 14.9. The maximum Gasteiger partial charge on any atom is 0.187 e. The molecule has 0 fully saturated rings. The smallest absolute Gasteiger partial charge is 0.187 e. The number of hydrogen-bond donors (Lipinski definition) is 0. The molecule has 3 heteroatoms. The fraction of sp³-hybridized carbons (Fsp3) is 0.0208. The molecule has 0 saturated carbocycles. The highest BCUT2D eigenvalue weighted by molar-refractivity contribution is 5.96. The molecular formula is C48H29N3. The Morgan fingerprint density at radius 1 is 0.373 bits per heavy atom. The van der Waals surface area contributed by atoms with E-state index >= 15 is 0 Å². The molecule has 0 aliphatic heterocycles. The van der Waals surface area contributed by atoms with Crippen LogP contribution in [-0.4, -0.2) is 9.97 Å². The van der Waals surface area contributed by atoms with Crippen LogP contribution >= 0.6 is 0 Å². The van der Waals surface area contributed by atoms with E-state index in [-0.39, 0.29) is 0 Å². The monoisotopic (exact) mass is 647 g/mol. The summed E-state index contributed by atoms with van der Waals surface area (Å²) in [6.45, 7) is 7.83. The lowest BCUT2D eigenvalue weighted by atomic mass is 9.70. The number of aromatic nitrogens is 2. The van der Waals surface area contributed by atoms with Gasteiger partial charge in [-0.05, 0) is 73.8 Å². The standard InChI is InChI=1S/C48H29N3/c1-49-36-25-27-44-40(29-36)39-28-35(24-26-43(39)48(44)41-18-10-8-16-37(41)38-17-9-11-19-42(38)48)31-20-22-33(23-21-31)46-30-45(32-12-4-2-5-13-32)50-47(51-46)34-14-6-3-7-15-34/h2-30H. The van der Waals surface area contributed by atoms with Crippen LogP contribution in [0.25, 0.3) is 72.1 Å². The van der Waals surface area contributed by atoms with Gasteiger partial charge in [0, 0.05) is 16.7 Å². The van der Waals surface area contributed by atoms with Crippen LogP contribution in [0.4, 0.5) is 5.69 Å². The number of benzene rings is 7. The summed E-state index contributed by atoms with van der Waals surface area (Å²) in [4.78, 5) is 13.8. The molecule has 0 radical (unpaired) electrons. The lowest BCUT2D eigenvalue weighted by molar-refractivity contribution is 0.794. The lowest BCUT2D eigenvalue weighted by Crippen LogP contribution is -2.25. The minimum Gasteiger partial charge on any atom is -0.238 e. The van der Waals surface area contributed by atoms with Gasteiger partial charge in [-0.3, -0.25) is 0 Å². The van der Waals surface area contributed by atoms with Crippen LogP contribution in [0.2, 0.25) is 0 Å². The first kappa shape index (κ1) is 29.1. The molecule has 51 heavy (non-hydrogen) atoms. The fourth-order valence-corrected chi connectivity index (χ4v) is 8.29. The van der Waals surface area contributed by atoms with E-state index < -0.39 is 5.41 Å². The molecule has 1 aromatic heterocycles. The van der Waals surface area contributed by atoms with Crippen LogP contribution in [0.1, 0.15) is 22.3 Å². The Hall–Kier alpha value is -6.89. The van der Waals surface area contributed by atoms with Gasteiger partial charge < -0.3 is 0 Å². The van der Waals surface area contributed by atoms with Crippen molar-refractivity contribution in [1.29, 1.82) is 0 Å². The van der Waals surface area contributed by atoms with Gasteiger partial charge in [0.2, 0.25) is 0 Å². The summed E-state index contributed by atoms with van der Waals surface area (Å²) in [6.07, 6.45) is 0. The maximum atomic E-state index is 7.83. The van der Waals surface area contributed by atoms with Crippen LogP contribution < -0.4 is 0 Å². The molecule has 1 heterocycles. The average molecular weight is 648 g/mol. The molecule has 0 amide bonds. The Morgan fingerprint density at radius 3 is 1.47 bits per heavy atom. The van der Waals surface area contributed by atoms with E-state index in [1.165, 1.54) is 38.9 Å². The molecular weight excluding hydrogens is 619 g/mol. The zero-order valence-corrected chi connectivity index (χ0v) is 27.6. The van der Waals surface area contributed by atoms with Crippen molar-refractivity contribution in [1.82, 2.24) is 9.97 Å². The van der Waals surface area contributed by atoms with Crippen LogP contribution in [-0.2, 0) is 5.41 Å². The summed E-state index contributed by atoms with van der Waals surface area (Å²) >= 11 is 0. The second-order valence-electron chi connectivity index (χ2n) is 13.2. The summed E-state index contributed by atoms with van der Waals surface area (Å²) < 4.78 is 0. The molecule has 0 N–H and O–H groups in total. The van der Waals surface area contributed by atoms with Crippen LogP contribution in [0.5, 0.6) is 0 Å². The van der Waals surface area contributed by atoms with Gasteiger partial charge >= 0.3 is 0 Å². The minimum atomic E-state index is -0.430. The number of rotatable bonds is 4. The van der Waals surface area contributed by atoms with Crippen LogP contribution in [0.3, 0.4) is 0 Å². The molecule has 0 unspecified atom stereocenters. The van der Waals surface area contributed by atoms with Crippen molar-refractivity contribution in [2.75, 3.05) is 0 Å². The number of hydrogen-bond acceptors (Lipinski definition) is 2. The summed E-state index contributed by atoms with van der Waals surface area (Å²) in [5, 5.41) is 0. The predicted molar refractivity (Wildman–Crippen MR) is 206 cm³/mol. The van der Waals surface area contributed by atoms with E-state index in [4.69, 9.17) is 16.5 Å². The van der Waals surface area contributed by atoms with Gasteiger partial charge in [0.15, 0.2) is 11.5 Å². The second kappa shape index (κ2) is 11.3. The van der Waals surface area contributed by atoms with Crippen molar-refractivity contribution in [3.8, 4) is 67.3 Å². The van der Waals surface area contributed by atoms with Gasteiger partial charge in [-0.1, -0.05) is 158 Å². The largest absolute Gasteiger partial charge is 0.238 e. The SMILES string of the molecule is [C-]#[N+]c1ccc2c(c1)-c1cc(-c3ccc(-c4cc(-c5ccccc5)nc(-c5ccccc5)n4)cc3)ccc1C21c2ccccc2-c2ccccc21. The molecule has 8 aromatic rings. The third-order valence-corrected chi connectivity index (χ3v) is 10.5. The van der Waals surface area contributed by atoms with Crippen molar-refractivity contribution in [2.24, 2.45) is 0 Å². The van der Waals surface area contributed by atoms with Gasteiger partial charge in [0.25, 0.3) is 0 Å². The molecule has 10 rings (SSSR count). The van der Waals surface area contributed by atoms with Gasteiger partial charge in [-0.15, -0.1) is 0 Å². The molecule has 1 spiro atoms. The molecule has 2 aliphatic rings. The van der Waals surface area contributed by atoms with E-state index in [2.05, 4.69) is 138 Å². The third kappa shape index (κ3) is 4.37. The van der Waals surface area contributed by atoms with Crippen LogP contribution in [0, 0.1) is 6.57 Å². The molecule has 236 valence electrons. The second-order valence-corrected chi connectivity index (χ2v) is 13.2. The molecule has 7 aromatic carbocycles. The summed E-state index contributed by atoms with van der Waals surface area (Å²) in [5.74, 6) is 0.705. The van der Waals surface area contributed by atoms with Crippen LogP contribution in [0.15, 0.2) is 176 Å². The summed E-state index contributed by atoms with van der Waals surface area (Å²) in [6, 6.07) is 61.9. The van der Waals surface area contributed by atoms with Crippen molar-refractivity contribution >= 4 is 5.69 Å². The zero-order chi connectivity index (χ0) is 33.9. The molecule has 2 aliphatic carbocycles. The highest BCUT2D eigenvalue weighted by Gasteiger charge is 2.51. The average Bonchev–Trinajstić information content (AvgIpc) is 3.68. The number of nitrogens with zero attached hydrogens (tertiary/aromatic N) is 3. The first-order valence-corrected chi connectivity index (χ1v) is 17.2. The van der Waals surface area contributed by atoms with Gasteiger partial charge in [0.1, 0.15) is 0 Å². The normalized spacial score (nSPS) is 12.8. The van der Waals surface area contributed by atoms with E-state index in [9.17, 15) is 0 Å².